The average Bonchev–Trinajstić information content (AvgIpc) is 2.53. The predicted octanol–water partition coefficient (Wildman–Crippen LogP) is 4.64. The second kappa shape index (κ2) is 9.29. The molecule has 2 aromatic carbocycles. The van der Waals surface area contributed by atoms with Crippen molar-refractivity contribution in [2.75, 3.05) is 7.11 Å². The molecular formula is C16H15BrIN3OS. The first-order chi connectivity index (χ1) is 11.1. The van der Waals surface area contributed by atoms with Crippen LogP contribution in [0.5, 0.6) is 5.75 Å². The minimum atomic E-state index is 0.425. The van der Waals surface area contributed by atoms with Gasteiger partial charge in [0.15, 0.2) is 5.17 Å². The fourth-order valence-corrected chi connectivity index (χ4v) is 4.18. The summed E-state index contributed by atoms with van der Waals surface area (Å²) in [7, 11) is 1.64. The van der Waals surface area contributed by atoms with Gasteiger partial charge in [-0.2, -0.15) is 5.10 Å². The minimum absolute atomic E-state index is 0.425. The van der Waals surface area contributed by atoms with Gasteiger partial charge in [-0.1, -0.05) is 58.0 Å². The van der Waals surface area contributed by atoms with Crippen LogP contribution in [0, 0.1) is 3.57 Å². The highest BCUT2D eigenvalue weighted by Gasteiger charge is 2.07. The highest BCUT2D eigenvalue weighted by Crippen LogP contribution is 2.28. The zero-order valence-electron chi connectivity index (χ0n) is 12.4. The molecule has 0 saturated carbocycles. The number of rotatable bonds is 5. The number of ether oxygens (including phenoxy) is 1. The van der Waals surface area contributed by atoms with Crippen molar-refractivity contribution in [2.45, 2.75) is 5.75 Å². The molecule has 2 rings (SSSR count). The quantitative estimate of drug-likeness (QED) is 0.280. The Morgan fingerprint density at radius 1 is 1.35 bits per heavy atom. The fourth-order valence-electron chi connectivity index (χ4n) is 1.80. The van der Waals surface area contributed by atoms with Gasteiger partial charge >= 0.3 is 0 Å². The van der Waals surface area contributed by atoms with Crippen LogP contribution >= 0.6 is 50.3 Å². The van der Waals surface area contributed by atoms with E-state index in [1.165, 1.54) is 17.3 Å². The summed E-state index contributed by atoms with van der Waals surface area (Å²) in [6, 6.07) is 14.0. The maximum absolute atomic E-state index is 5.87. The number of methoxy groups -OCH3 is 1. The third-order valence-corrected chi connectivity index (χ3v) is 4.94. The molecule has 0 aliphatic carbocycles. The summed E-state index contributed by atoms with van der Waals surface area (Å²) in [6.07, 6.45) is 1.64. The number of nitrogens with two attached hydrogens (primary N) is 1. The molecule has 0 radical (unpaired) electrons. The summed E-state index contributed by atoms with van der Waals surface area (Å²) in [4.78, 5) is 0. The summed E-state index contributed by atoms with van der Waals surface area (Å²) in [6.45, 7) is 0. The second-order valence-corrected chi connectivity index (χ2v) is 7.54. The highest BCUT2D eigenvalue weighted by atomic mass is 127. The van der Waals surface area contributed by atoms with Crippen molar-refractivity contribution in [3.8, 4) is 5.75 Å². The van der Waals surface area contributed by atoms with E-state index in [1.807, 2.05) is 30.3 Å². The van der Waals surface area contributed by atoms with Crippen LogP contribution in [-0.4, -0.2) is 18.5 Å². The van der Waals surface area contributed by atoms with Gasteiger partial charge < -0.3 is 10.5 Å². The molecule has 0 aliphatic rings. The first kappa shape index (κ1) is 18.3. The van der Waals surface area contributed by atoms with Gasteiger partial charge in [-0.3, -0.25) is 0 Å². The lowest BCUT2D eigenvalue weighted by Gasteiger charge is -2.07. The fraction of sp³-hybridized carbons (Fsp3) is 0.125. The van der Waals surface area contributed by atoms with Crippen molar-refractivity contribution >= 4 is 61.7 Å². The number of hydrogen-bond acceptors (Lipinski definition) is 4. The molecule has 0 bridgehead atoms. The smallest absolute Gasteiger partial charge is 0.180 e. The SMILES string of the molecule is COc1c(I)cc(Br)cc1C=NN=C(N)SCc1ccccc1. The summed E-state index contributed by atoms with van der Waals surface area (Å²) < 4.78 is 7.34. The Bertz CT molecular complexity index is 723. The van der Waals surface area contributed by atoms with Crippen LogP contribution in [0.25, 0.3) is 0 Å². The molecule has 120 valence electrons. The molecule has 23 heavy (non-hydrogen) atoms. The van der Waals surface area contributed by atoms with Gasteiger partial charge in [-0.15, -0.1) is 5.10 Å². The van der Waals surface area contributed by atoms with Crippen molar-refractivity contribution in [1.82, 2.24) is 0 Å². The Morgan fingerprint density at radius 3 is 2.78 bits per heavy atom. The third kappa shape index (κ3) is 5.82. The number of halogens is 2. The molecule has 0 fully saturated rings. The standard InChI is InChI=1S/C16H15BrIN3OS/c1-22-15-12(7-13(17)8-14(15)18)9-20-21-16(19)23-10-11-5-3-2-4-6-11/h2-9H,10H2,1H3,(H2,19,21). The topological polar surface area (TPSA) is 60.0 Å². The number of benzene rings is 2. The van der Waals surface area contributed by atoms with Crippen LogP contribution in [0.2, 0.25) is 0 Å². The number of hydrogen-bond donors (Lipinski definition) is 1. The summed E-state index contributed by atoms with van der Waals surface area (Å²) in [5, 5.41) is 8.51. The lowest BCUT2D eigenvalue weighted by Crippen LogP contribution is -2.06. The molecule has 4 nitrogen and oxygen atoms in total. The normalized spacial score (nSPS) is 11.9. The van der Waals surface area contributed by atoms with E-state index in [0.29, 0.717) is 5.17 Å². The van der Waals surface area contributed by atoms with Crippen LogP contribution in [0.15, 0.2) is 57.1 Å². The van der Waals surface area contributed by atoms with E-state index < -0.39 is 0 Å². The van der Waals surface area contributed by atoms with Gasteiger partial charge in [0.1, 0.15) is 5.75 Å². The van der Waals surface area contributed by atoms with E-state index in [2.05, 4.69) is 60.9 Å². The minimum Gasteiger partial charge on any atom is -0.495 e. The lowest BCUT2D eigenvalue weighted by atomic mass is 10.2. The largest absolute Gasteiger partial charge is 0.495 e. The molecule has 0 amide bonds. The van der Waals surface area contributed by atoms with Gasteiger partial charge in [0.25, 0.3) is 0 Å². The molecule has 0 heterocycles. The molecule has 0 saturated heterocycles. The molecular weight excluding hydrogens is 489 g/mol. The molecule has 2 N–H and O–H groups in total. The highest BCUT2D eigenvalue weighted by molar-refractivity contribution is 14.1. The van der Waals surface area contributed by atoms with E-state index in [0.717, 1.165) is 25.1 Å². The second-order valence-electron chi connectivity index (χ2n) is 4.47. The molecule has 0 spiro atoms. The van der Waals surface area contributed by atoms with Crippen molar-refractivity contribution in [3.63, 3.8) is 0 Å². The van der Waals surface area contributed by atoms with E-state index in [1.54, 1.807) is 13.3 Å². The monoisotopic (exact) mass is 503 g/mol. The molecule has 0 atom stereocenters. The van der Waals surface area contributed by atoms with Crippen molar-refractivity contribution in [1.29, 1.82) is 0 Å². The molecule has 7 heteroatoms. The zero-order valence-corrected chi connectivity index (χ0v) is 16.9. The van der Waals surface area contributed by atoms with Crippen molar-refractivity contribution in [2.24, 2.45) is 15.9 Å². The molecule has 0 unspecified atom stereocenters. The van der Waals surface area contributed by atoms with Crippen LogP contribution in [0.3, 0.4) is 0 Å². The number of nitrogens with zero attached hydrogens (tertiary/aromatic N) is 2. The van der Waals surface area contributed by atoms with Gasteiger partial charge in [0.05, 0.1) is 16.9 Å². The average molecular weight is 504 g/mol. The Labute approximate surface area is 161 Å². The van der Waals surface area contributed by atoms with E-state index >= 15 is 0 Å². The van der Waals surface area contributed by atoms with Gasteiger partial charge in [-0.05, 0) is 40.3 Å². The first-order valence-corrected chi connectivity index (χ1v) is 9.52. The Hall–Kier alpha value is -1.06. The first-order valence-electron chi connectivity index (χ1n) is 6.66. The van der Waals surface area contributed by atoms with E-state index in [-0.39, 0.29) is 0 Å². The van der Waals surface area contributed by atoms with Crippen LogP contribution < -0.4 is 10.5 Å². The molecule has 2 aromatic rings. The van der Waals surface area contributed by atoms with E-state index in [9.17, 15) is 0 Å². The molecule has 0 aliphatic heterocycles. The van der Waals surface area contributed by atoms with Gasteiger partial charge in [0.2, 0.25) is 0 Å². The van der Waals surface area contributed by atoms with Gasteiger partial charge in [-0.25, -0.2) is 0 Å². The Kier molecular flexibility index (Phi) is 7.38. The zero-order chi connectivity index (χ0) is 16.7. The van der Waals surface area contributed by atoms with Crippen molar-refractivity contribution < 1.29 is 4.74 Å². The lowest BCUT2D eigenvalue weighted by molar-refractivity contribution is 0.411. The maximum atomic E-state index is 5.87. The number of amidine groups is 1. The summed E-state index contributed by atoms with van der Waals surface area (Å²) >= 11 is 7.13. The third-order valence-electron chi connectivity index (χ3n) is 2.82. The summed E-state index contributed by atoms with van der Waals surface area (Å²) in [5.74, 6) is 1.53. The van der Waals surface area contributed by atoms with Crippen LogP contribution in [0.4, 0.5) is 0 Å². The molecule has 0 aromatic heterocycles. The Morgan fingerprint density at radius 2 is 2.09 bits per heavy atom. The number of thioether (sulfide) groups is 1. The van der Waals surface area contributed by atoms with Crippen LogP contribution in [-0.2, 0) is 5.75 Å². The maximum Gasteiger partial charge on any atom is 0.180 e. The van der Waals surface area contributed by atoms with Crippen LogP contribution in [0.1, 0.15) is 11.1 Å². The van der Waals surface area contributed by atoms with E-state index in [4.69, 9.17) is 10.5 Å². The Balaban J connectivity index is 2.02. The van der Waals surface area contributed by atoms with Gasteiger partial charge in [0, 0.05) is 15.8 Å². The van der Waals surface area contributed by atoms with Crippen molar-refractivity contribution in [3.05, 3.63) is 61.6 Å². The predicted molar refractivity (Wildman–Crippen MR) is 110 cm³/mol. The summed E-state index contributed by atoms with van der Waals surface area (Å²) in [5.41, 5.74) is 7.91.